The van der Waals surface area contributed by atoms with Gasteiger partial charge in [0, 0.05) is 18.7 Å². The van der Waals surface area contributed by atoms with Crippen LogP contribution in [0.2, 0.25) is 0 Å². The molecule has 1 aliphatic rings. The highest BCUT2D eigenvalue weighted by atomic mass is 32.2. The van der Waals surface area contributed by atoms with Gasteiger partial charge in [0.15, 0.2) is 15.8 Å². The van der Waals surface area contributed by atoms with Gasteiger partial charge in [0.25, 0.3) is 5.91 Å². The monoisotopic (exact) mass is 438 g/mol. The predicted octanol–water partition coefficient (Wildman–Crippen LogP) is 2.19. The number of aromatic nitrogens is 2. The molecule has 9 nitrogen and oxygen atoms in total. The summed E-state index contributed by atoms with van der Waals surface area (Å²) in [6.07, 6.45) is 2.13. The second-order valence-corrected chi connectivity index (χ2v) is 8.32. The molecule has 0 unspecified atom stereocenters. The number of amides is 2. The number of carbonyl (C=O) groups excluding carboxylic acids is 2. The maximum atomic E-state index is 12.4. The van der Waals surface area contributed by atoms with Crippen molar-refractivity contribution in [1.82, 2.24) is 15.5 Å². The molecule has 2 heterocycles. The van der Waals surface area contributed by atoms with Crippen LogP contribution in [0.3, 0.4) is 0 Å². The number of thioether (sulfide) groups is 1. The smallest absolute Gasteiger partial charge is 0.257 e. The Kier molecular flexibility index (Phi) is 7.67. The molecule has 156 valence electrons. The fraction of sp³-hybridized carbons (Fsp3) is 0.444. The lowest BCUT2D eigenvalue weighted by molar-refractivity contribution is -0.119. The van der Waals surface area contributed by atoms with Crippen LogP contribution >= 0.6 is 23.1 Å². The molecule has 1 saturated heterocycles. The summed E-state index contributed by atoms with van der Waals surface area (Å²) in [5, 5.41) is 13.9. The van der Waals surface area contributed by atoms with Gasteiger partial charge in [0.05, 0.1) is 26.1 Å². The zero-order valence-corrected chi connectivity index (χ0v) is 17.7. The van der Waals surface area contributed by atoms with Gasteiger partial charge >= 0.3 is 0 Å². The standard InChI is InChI=1S/C18H22N4O5S2/c1-25-13-6-5-11(8-14(13)26-2)16(24)20-17-21-22-18(29-17)28-10-15(23)19-9-12-4-3-7-27-12/h5-6,8,12H,3-4,7,9-10H2,1-2H3,(H,19,23)(H,20,21,24)/t12-/m0/s1. The third-order valence-corrected chi connectivity index (χ3v) is 6.12. The molecule has 0 saturated carbocycles. The van der Waals surface area contributed by atoms with Gasteiger partial charge in [-0.25, -0.2) is 0 Å². The first-order valence-corrected chi connectivity index (χ1v) is 10.8. The molecule has 1 fully saturated rings. The van der Waals surface area contributed by atoms with E-state index in [-0.39, 0.29) is 23.7 Å². The second kappa shape index (κ2) is 10.4. The van der Waals surface area contributed by atoms with E-state index in [9.17, 15) is 9.59 Å². The molecular formula is C18H22N4O5S2. The minimum Gasteiger partial charge on any atom is -0.493 e. The van der Waals surface area contributed by atoms with Crippen molar-refractivity contribution in [3.05, 3.63) is 23.8 Å². The largest absolute Gasteiger partial charge is 0.493 e. The molecule has 1 aliphatic heterocycles. The zero-order valence-electron chi connectivity index (χ0n) is 16.1. The summed E-state index contributed by atoms with van der Waals surface area (Å²) in [6.45, 7) is 1.29. The van der Waals surface area contributed by atoms with Crippen LogP contribution in [0.25, 0.3) is 0 Å². The molecule has 1 atom stereocenters. The molecule has 0 radical (unpaired) electrons. The molecular weight excluding hydrogens is 416 g/mol. The first kappa shape index (κ1) is 21.3. The Balaban J connectivity index is 1.48. The first-order valence-electron chi connectivity index (χ1n) is 8.97. The minimum absolute atomic E-state index is 0.0865. The summed E-state index contributed by atoms with van der Waals surface area (Å²) in [7, 11) is 3.03. The molecule has 29 heavy (non-hydrogen) atoms. The summed E-state index contributed by atoms with van der Waals surface area (Å²) >= 11 is 2.48. The highest BCUT2D eigenvalue weighted by Crippen LogP contribution is 2.29. The number of ether oxygens (including phenoxy) is 3. The number of hydrogen-bond acceptors (Lipinski definition) is 9. The van der Waals surface area contributed by atoms with E-state index < -0.39 is 0 Å². The minimum atomic E-state index is -0.340. The Labute approximate surface area is 176 Å². The molecule has 0 spiro atoms. The van der Waals surface area contributed by atoms with Crippen LogP contribution in [0.1, 0.15) is 23.2 Å². The van der Waals surface area contributed by atoms with Crippen molar-refractivity contribution in [1.29, 1.82) is 0 Å². The van der Waals surface area contributed by atoms with Crippen LogP contribution in [0.5, 0.6) is 11.5 Å². The summed E-state index contributed by atoms with van der Waals surface area (Å²) < 4.78 is 16.4. The fourth-order valence-electron chi connectivity index (χ4n) is 2.68. The lowest BCUT2D eigenvalue weighted by Crippen LogP contribution is -2.32. The number of nitrogens with zero attached hydrogens (tertiary/aromatic N) is 2. The fourth-order valence-corrected chi connectivity index (χ4v) is 4.25. The van der Waals surface area contributed by atoms with Crippen molar-refractivity contribution in [3.8, 4) is 11.5 Å². The van der Waals surface area contributed by atoms with Crippen molar-refractivity contribution < 1.29 is 23.8 Å². The third kappa shape index (κ3) is 6.05. The van der Waals surface area contributed by atoms with E-state index in [4.69, 9.17) is 14.2 Å². The van der Waals surface area contributed by atoms with E-state index in [1.54, 1.807) is 18.2 Å². The predicted molar refractivity (Wildman–Crippen MR) is 110 cm³/mol. The molecule has 2 aromatic rings. The van der Waals surface area contributed by atoms with Gasteiger partial charge in [-0.05, 0) is 31.0 Å². The Morgan fingerprint density at radius 2 is 2.10 bits per heavy atom. The zero-order chi connectivity index (χ0) is 20.6. The number of anilines is 1. The van der Waals surface area contributed by atoms with Crippen molar-refractivity contribution in [3.63, 3.8) is 0 Å². The number of nitrogens with one attached hydrogen (secondary N) is 2. The van der Waals surface area contributed by atoms with Crippen LogP contribution in [-0.4, -0.2) is 61.2 Å². The van der Waals surface area contributed by atoms with E-state index in [0.717, 1.165) is 19.4 Å². The molecule has 0 aliphatic carbocycles. The number of carbonyl (C=O) groups is 2. The van der Waals surface area contributed by atoms with Crippen LogP contribution < -0.4 is 20.1 Å². The van der Waals surface area contributed by atoms with Gasteiger partial charge in [-0.3, -0.25) is 14.9 Å². The van der Waals surface area contributed by atoms with E-state index >= 15 is 0 Å². The molecule has 1 aromatic heterocycles. The Hall–Kier alpha value is -2.37. The summed E-state index contributed by atoms with van der Waals surface area (Å²) in [5.74, 6) is 0.800. The summed E-state index contributed by atoms with van der Waals surface area (Å²) in [5.41, 5.74) is 0.403. The van der Waals surface area contributed by atoms with E-state index in [1.165, 1.54) is 37.3 Å². The molecule has 11 heteroatoms. The van der Waals surface area contributed by atoms with E-state index in [2.05, 4.69) is 20.8 Å². The maximum absolute atomic E-state index is 12.4. The average molecular weight is 439 g/mol. The van der Waals surface area contributed by atoms with Gasteiger partial charge in [-0.1, -0.05) is 23.1 Å². The molecule has 1 aromatic carbocycles. The van der Waals surface area contributed by atoms with Gasteiger partial charge in [-0.2, -0.15) is 0 Å². The molecule has 2 N–H and O–H groups in total. The number of methoxy groups -OCH3 is 2. The van der Waals surface area contributed by atoms with Gasteiger partial charge in [0.2, 0.25) is 11.0 Å². The van der Waals surface area contributed by atoms with Crippen LogP contribution in [-0.2, 0) is 9.53 Å². The lowest BCUT2D eigenvalue weighted by Gasteiger charge is -2.09. The highest BCUT2D eigenvalue weighted by Gasteiger charge is 2.17. The topological polar surface area (TPSA) is 112 Å². The number of benzene rings is 1. The highest BCUT2D eigenvalue weighted by molar-refractivity contribution is 8.01. The molecule has 2 amide bonds. The Morgan fingerprint density at radius 1 is 1.28 bits per heavy atom. The second-order valence-electron chi connectivity index (χ2n) is 6.12. The van der Waals surface area contributed by atoms with Gasteiger partial charge in [-0.15, -0.1) is 10.2 Å². The average Bonchev–Trinajstić information content (AvgIpc) is 3.42. The SMILES string of the molecule is COc1ccc(C(=O)Nc2nnc(SCC(=O)NC[C@@H]3CCCO3)s2)cc1OC. The molecule has 3 rings (SSSR count). The van der Waals surface area contributed by atoms with Crippen molar-refractivity contribution >= 4 is 40.0 Å². The number of hydrogen-bond donors (Lipinski definition) is 2. The maximum Gasteiger partial charge on any atom is 0.257 e. The first-order chi connectivity index (χ1) is 14.1. The normalized spacial score (nSPS) is 15.7. The Bertz CT molecular complexity index is 855. The summed E-state index contributed by atoms with van der Waals surface area (Å²) in [4.78, 5) is 24.3. The number of rotatable bonds is 9. The summed E-state index contributed by atoms with van der Waals surface area (Å²) in [6, 6.07) is 4.87. The van der Waals surface area contributed by atoms with E-state index in [1.807, 2.05) is 0 Å². The third-order valence-electron chi connectivity index (χ3n) is 4.15. The van der Waals surface area contributed by atoms with E-state index in [0.29, 0.717) is 33.1 Å². The van der Waals surface area contributed by atoms with Crippen molar-refractivity contribution in [2.45, 2.75) is 23.3 Å². The molecule has 0 bridgehead atoms. The van der Waals surface area contributed by atoms with Crippen LogP contribution in [0.15, 0.2) is 22.5 Å². The van der Waals surface area contributed by atoms with Crippen LogP contribution in [0.4, 0.5) is 5.13 Å². The van der Waals surface area contributed by atoms with Crippen molar-refractivity contribution in [2.24, 2.45) is 0 Å². The van der Waals surface area contributed by atoms with Gasteiger partial charge < -0.3 is 19.5 Å². The Morgan fingerprint density at radius 3 is 2.83 bits per heavy atom. The quantitative estimate of drug-likeness (QED) is 0.453. The van der Waals surface area contributed by atoms with Gasteiger partial charge in [0.1, 0.15) is 0 Å². The van der Waals surface area contributed by atoms with Crippen LogP contribution in [0, 0.1) is 0 Å². The van der Waals surface area contributed by atoms with Crippen molar-refractivity contribution in [2.75, 3.05) is 38.4 Å². The lowest BCUT2D eigenvalue weighted by atomic mass is 10.2.